The second kappa shape index (κ2) is 5.53. The van der Waals surface area contributed by atoms with E-state index in [4.69, 9.17) is 11.5 Å². The number of anilines is 1. The molecule has 0 heterocycles. The van der Waals surface area contributed by atoms with E-state index in [9.17, 15) is 14.6 Å². The predicted molar refractivity (Wildman–Crippen MR) is 67.5 cm³/mol. The predicted octanol–water partition coefficient (Wildman–Crippen LogP) is 1.55. The maximum absolute atomic E-state index is 13.0. The fraction of sp³-hybridized carbons (Fsp3) is 0.455. The minimum Gasteiger partial charge on any atom is -0.505 e. The van der Waals surface area contributed by atoms with Crippen molar-refractivity contribution < 1.29 is 14.6 Å². The van der Waals surface area contributed by atoms with Crippen LogP contribution in [-0.2, 0) is 0 Å². The summed E-state index contributed by atoms with van der Waals surface area (Å²) in [6.07, 6.45) is 0. The number of nitrogen functional groups attached to an aromatic ring is 1. The summed E-state index contributed by atoms with van der Waals surface area (Å²) in [5.41, 5.74) is 10.7. The number of benzene rings is 1. The van der Waals surface area contributed by atoms with Crippen molar-refractivity contribution in [1.29, 1.82) is 0 Å². The number of hydrogen-bond acceptors (Lipinski definition) is 4. The number of phenolic OH excluding ortho intramolecular Hbond substituents is 1. The van der Waals surface area contributed by atoms with Gasteiger partial charge in [0.1, 0.15) is 17.3 Å². The van der Waals surface area contributed by atoms with Gasteiger partial charge in [0.05, 0.1) is 0 Å². The largest absolute Gasteiger partial charge is 0.505 e. The first-order valence-electron chi connectivity index (χ1n) is 4.94. The molecule has 0 aliphatic carbocycles. The lowest BCUT2D eigenvalue weighted by Gasteiger charge is -2.30. The molecule has 0 aliphatic rings. The summed E-state index contributed by atoms with van der Waals surface area (Å²) in [6, 6.07) is 1.90. The SMILES string of the molecule is CC(C)(CO)[C@H](N)c1ccc(F)c(N)c1O.Cl. The highest BCUT2D eigenvalue weighted by atomic mass is 35.5. The number of rotatable bonds is 3. The number of hydrogen-bond donors (Lipinski definition) is 4. The fourth-order valence-electron chi connectivity index (χ4n) is 1.37. The molecule has 0 aliphatic heterocycles. The molecule has 1 aromatic rings. The minimum absolute atomic E-state index is 0. The molecule has 0 radical (unpaired) electrons. The summed E-state index contributed by atoms with van der Waals surface area (Å²) < 4.78 is 13.0. The van der Waals surface area contributed by atoms with Gasteiger partial charge in [0.15, 0.2) is 0 Å². The monoisotopic (exact) mass is 264 g/mol. The molecule has 0 aromatic heterocycles. The van der Waals surface area contributed by atoms with Crippen molar-refractivity contribution in [2.75, 3.05) is 12.3 Å². The Hall–Kier alpha value is -1.04. The highest BCUT2D eigenvalue weighted by molar-refractivity contribution is 5.85. The van der Waals surface area contributed by atoms with E-state index in [1.165, 1.54) is 6.07 Å². The van der Waals surface area contributed by atoms with Crippen LogP contribution in [0, 0.1) is 11.2 Å². The van der Waals surface area contributed by atoms with E-state index in [-0.39, 0.29) is 30.5 Å². The van der Waals surface area contributed by atoms with Crippen LogP contribution >= 0.6 is 12.4 Å². The van der Waals surface area contributed by atoms with Crippen LogP contribution in [0.4, 0.5) is 10.1 Å². The van der Waals surface area contributed by atoms with Gasteiger partial charge in [0.25, 0.3) is 0 Å². The molecule has 0 fully saturated rings. The average Bonchev–Trinajstić information content (AvgIpc) is 2.25. The van der Waals surface area contributed by atoms with E-state index < -0.39 is 17.3 Å². The first kappa shape index (κ1) is 16.0. The number of aromatic hydroxyl groups is 1. The van der Waals surface area contributed by atoms with Gasteiger partial charge in [0, 0.05) is 23.6 Å². The third-order valence-corrected chi connectivity index (χ3v) is 2.78. The topological polar surface area (TPSA) is 92.5 Å². The van der Waals surface area contributed by atoms with Crippen molar-refractivity contribution in [2.24, 2.45) is 11.1 Å². The maximum atomic E-state index is 13.0. The molecule has 6 heteroatoms. The minimum atomic E-state index is -0.685. The Balaban J connectivity index is 0.00000256. The summed E-state index contributed by atoms with van der Waals surface area (Å²) in [7, 11) is 0. The molecular formula is C11H18ClFN2O2. The Kier molecular flexibility index (Phi) is 5.19. The molecule has 0 amide bonds. The molecule has 0 unspecified atom stereocenters. The smallest absolute Gasteiger partial charge is 0.149 e. The summed E-state index contributed by atoms with van der Waals surface area (Å²) in [5.74, 6) is -1.04. The first-order chi connectivity index (χ1) is 7.31. The Labute approximate surface area is 106 Å². The van der Waals surface area contributed by atoms with Gasteiger partial charge in [-0.15, -0.1) is 12.4 Å². The Morgan fingerprint density at radius 2 is 1.94 bits per heavy atom. The fourth-order valence-corrected chi connectivity index (χ4v) is 1.37. The maximum Gasteiger partial charge on any atom is 0.149 e. The molecule has 0 spiro atoms. The van der Waals surface area contributed by atoms with Crippen LogP contribution in [0.2, 0.25) is 0 Å². The second-order valence-corrected chi connectivity index (χ2v) is 4.52. The molecule has 0 saturated carbocycles. The van der Waals surface area contributed by atoms with Gasteiger partial charge < -0.3 is 21.7 Å². The zero-order valence-electron chi connectivity index (χ0n) is 9.77. The lowest BCUT2D eigenvalue weighted by atomic mass is 9.81. The van der Waals surface area contributed by atoms with Crippen molar-refractivity contribution in [1.82, 2.24) is 0 Å². The number of phenols is 1. The number of nitrogens with two attached hydrogens (primary N) is 2. The van der Waals surface area contributed by atoms with Crippen LogP contribution in [0.25, 0.3) is 0 Å². The van der Waals surface area contributed by atoms with Crippen molar-refractivity contribution >= 4 is 18.1 Å². The van der Waals surface area contributed by atoms with E-state index in [2.05, 4.69) is 0 Å². The number of aliphatic hydroxyl groups excluding tert-OH is 1. The molecule has 0 bridgehead atoms. The zero-order valence-corrected chi connectivity index (χ0v) is 10.6. The van der Waals surface area contributed by atoms with Gasteiger partial charge in [0.2, 0.25) is 0 Å². The highest BCUT2D eigenvalue weighted by Gasteiger charge is 2.29. The molecule has 1 rings (SSSR count). The third kappa shape index (κ3) is 3.00. The van der Waals surface area contributed by atoms with E-state index >= 15 is 0 Å². The van der Waals surface area contributed by atoms with Gasteiger partial charge >= 0.3 is 0 Å². The van der Waals surface area contributed by atoms with Crippen LogP contribution in [0.3, 0.4) is 0 Å². The van der Waals surface area contributed by atoms with Crippen molar-refractivity contribution in [3.8, 4) is 5.75 Å². The van der Waals surface area contributed by atoms with Crippen LogP contribution in [0.1, 0.15) is 25.5 Å². The number of halogens is 2. The van der Waals surface area contributed by atoms with Crippen molar-refractivity contribution in [3.05, 3.63) is 23.5 Å². The van der Waals surface area contributed by atoms with Crippen LogP contribution in [0.15, 0.2) is 12.1 Å². The summed E-state index contributed by atoms with van der Waals surface area (Å²) >= 11 is 0. The molecule has 17 heavy (non-hydrogen) atoms. The van der Waals surface area contributed by atoms with E-state index in [0.29, 0.717) is 5.56 Å². The standard InChI is InChI=1S/C11H17FN2O2.ClH/c1-11(2,5-15)10(14)6-3-4-7(12)8(13)9(6)16;/h3-4,10,15-16H,5,13-14H2,1-2H3;1H/t10-;/m1./s1. The van der Waals surface area contributed by atoms with Crippen molar-refractivity contribution in [2.45, 2.75) is 19.9 Å². The lowest BCUT2D eigenvalue weighted by molar-refractivity contribution is 0.131. The van der Waals surface area contributed by atoms with Crippen molar-refractivity contribution in [3.63, 3.8) is 0 Å². The highest BCUT2D eigenvalue weighted by Crippen LogP contribution is 2.38. The van der Waals surface area contributed by atoms with E-state index in [1.807, 2.05) is 0 Å². The molecular weight excluding hydrogens is 247 g/mol. The normalized spacial score (nSPS) is 13.0. The molecule has 0 saturated heterocycles. The average molecular weight is 265 g/mol. The molecule has 98 valence electrons. The Morgan fingerprint density at radius 1 is 1.41 bits per heavy atom. The molecule has 4 nitrogen and oxygen atoms in total. The Bertz CT molecular complexity index is 399. The second-order valence-electron chi connectivity index (χ2n) is 4.52. The van der Waals surface area contributed by atoms with Gasteiger partial charge in [-0.1, -0.05) is 19.9 Å². The third-order valence-electron chi connectivity index (χ3n) is 2.78. The Morgan fingerprint density at radius 3 is 2.41 bits per heavy atom. The summed E-state index contributed by atoms with van der Waals surface area (Å²) in [4.78, 5) is 0. The number of aliphatic hydroxyl groups is 1. The zero-order chi connectivity index (χ0) is 12.5. The summed E-state index contributed by atoms with van der Waals surface area (Å²) in [6.45, 7) is 3.35. The first-order valence-corrected chi connectivity index (χ1v) is 4.94. The lowest BCUT2D eigenvalue weighted by Crippen LogP contribution is -2.32. The van der Waals surface area contributed by atoms with E-state index in [1.54, 1.807) is 13.8 Å². The molecule has 6 N–H and O–H groups in total. The van der Waals surface area contributed by atoms with Gasteiger partial charge in [-0.2, -0.15) is 0 Å². The van der Waals surface area contributed by atoms with Gasteiger partial charge in [-0.25, -0.2) is 4.39 Å². The van der Waals surface area contributed by atoms with Gasteiger partial charge in [-0.05, 0) is 6.07 Å². The van der Waals surface area contributed by atoms with Gasteiger partial charge in [-0.3, -0.25) is 0 Å². The van der Waals surface area contributed by atoms with E-state index in [0.717, 1.165) is 6.07 Å². The van der Waals surface area contributed by atoms with Crippen LogP contribution < -0.4 is 11.5 Å². The summed E-state index contributed by atoms with van der Waals surface area (Å²) in [5, 5.41) is 18.9. The molecule has 1 atom stereocenters. The molecule has 1 aromatic carbocycles. The quantitative estimate of drug-likeness (QED) is 0.492. The van der Waals surface area contributed by atoms with Crippen LogP contribution in [-0.4, -0.2) is 16.8 Å². The van der Waals surface area contributed by atoms with Crippen LogP contribution in [0.5, 0.6) is 5.75 Å².